The quantitative estimate of drug-likeness (QED) is 0.241. The van der Waals surface area contributed by atoms with Crippen LogP contribution in [0.3, 0.4) is 0 Å². The average molecular weight is 469 g/mol. The maximum atomic E-state index is 2.29. The van der Waals surface area contributed by atoms with Crippen molar-refractivity contribution in [1.29, 1.82) is 0 Å². The molecule has 0 N–H and O–H groups in total. The molecular weight excluding hydrogens is 420 g/mol. The first-order valence-corrected chi connectivity index (χ1v) is 13.7. The van der Waals surface area contributed by atoms with Crippen molar-refractivity contribution in [2.75, 3.05) is 0 Å². The van der Waals surface area contributed by atoms with Gasteiger partial charge in [-0.3, -0.25) is 0 Å². The molecule has 0 unspecified atom stereocenters. The van der Waals surface area contributed by atoms with E-state index in [0.717, 1.165) is 0 Å². The van der Waals surface area contributed by atoms with Crippen molar-refractivity contribution in [1.82, 2.24) is 0 Å². The summed E-state index contributed by atoms with van der Waals surface area (Å²) in [7, 11) is 0. The molecule has 0 spiro atoms. The van der Waals surface area contributed by atoms with Crippen molar-refractivity contribution in [3.05, 3.63) is 131 Å². The molecule has 0 amide bonds. The molecule has 1 aliphatic rings. The van der Waals surface area contributed by atoms with Crippen LogP contribution in [0.15, 0.2) is 109 Å². The van der Waals surface area contributed by atoms with E-state index in [9.17, 15) is 0 Å². The van der Waals surface area contributed by atoms with Gasteiger partial charge in [-0.05, 0) is 33.4 Å². The van der Waals surface area contributed by atoms with Gasteiger partial charge in [-0.2, -0.15) is 0 Å². The Labute approximate surface area is 217 Å². The SMILES string of the molecule is CC.CC.CC.CC.CC.c1ccc(C2(c3ccccc3)c3ccccc3-c3ccccc32)cc1. The first-order valence-electron chi connectivity index (χ1n) is 13.7. The summed E-state index contributed by atoms with van der Waals surface area (Å²) in [6.07, 6.45) is 0. The van der Waals surface area contributed by atoms with Gasteiger partial charge in [0.15, 0.2) is 0 Å². The highest BCUT2D eigenvalue weighted by molar-refractivity contribution is 5.86. The van der Waals surface area contributed by atoms with Gasteiger partial charge >= 0.3 is 0 Å². The number of benzene rings is 4. The van der Waals surface area contributed by atoms with E-state index in [2.05, 4.69) is 109 Å². The van der Waals surface area contributed by atoms with Crippen molar-refractivity contribution >= 4 is 0 Å². The van der Waals surface area contributed by atoms with Gasteiger partial charge in [0.05, 0.1) is 5.41 Å². The second-order valence-electron chi connectivity index (χ2n) is 6.57. The van der Waals surface area contributed by atoms with Crippen LogP contribution in [0.5, 0.6) is 0 Å². The summed E-state index contributed by atoms with van der Waals surface area (Å²) in [6, 6.07) is 39.5. The third kappa shape index (κ3) is 6.51. The average Bonchev–Trinajstić information content (AvgIpc) is 3.30. The predicted octanol–water partition coefficient (Wildman–Crippen LogP) is 11.2. The lowest BCUT2D eigenvalue weighted by Gasteiger charge is -2.33. The Hall–Kier alpha value is -3.12. The normalized spacial score (nSPS) is 10.8. The molecule has 4 aromatic rings. The van der Waals surface area contributed by atoms with E-state index in [1.54, 1.807) is 0 Å². The summed E-state index contributed by atoms with van der Waals surface area (Å²) in [5.74, 6) is 0. The Morgan fingerprint density at radius 3 is 0.886 bits per heavy atom. The van der Waals surface area contributed by atoms with Gasteiger partial charge in [0.1, 0.15) is 0 Å². The fourth-order valence-corrected chi connectivity index (χ4v) is 4.40. The van der Waals surface area contributed by atoms with Gasteiger partial charge < -0.3 is 0 Å². The van der Waals surface area contributed by atoms with E-state index in [4.69, 9.17) is 0 Å². The molecule has 0 fully saturated rings. The monoisotopic (exact) mass is 468 g/mol. The molecule has 5 rings (SSSR count). The van der Waals surface area contributed by atoms with Crippen LogP contribution >= 0.6 is 0 Å². The molecule has 0 atom stereocenters. The van der Waals surface area contributed by atoms with Crippen molar-refractivity contribution in [3.63, 3.8) is 0 Å². The van der Waals surface area contributed by atoms with Crippen LogP contribution in [-0.2, 0) is 5.41 Å². The number of hydrogen-bond acceptors (Lipinski definition) is 0. The minimum Gasteiger partial charge on any atom is -0.0683 e. The molecule has 188 valence electrons. The number of fused-ring (bicyclic) bond motifs is 3. The van der Waals surface area contributed by atoms with E-state index < -0.39 is 0 Å². The van der Waals surface area contributed by atoms with Crippen LogP contribution in [-0.4, -0.2) is 0 Å². The summed E-state index contributed by atoms with van der Waals surface area (Å²) in [5, 5.41) is 0. The molecule has 35 heavy (non-hydrogen) atoms. The summed E-state index contributed by atoms with van der Waals surface area (Å²) in [4.78, 5) is 0. The topological polar surface area (TPSA) is 0 Å². The highest BCUT2D eigenvalue weighted by Crippen LogP contribution is 2.55. The zero-order chi connectivity index (χ0) is 26.7. The molecule has 0 aliphatic heterocycles. The van der Waals surface area contributed by atoms with Crippen molar-refractivity contribution in [2.45, 2.75) is 74.7 Å². The molecule has 1 aliphatic carbocycles. The highest BCUT2D eigenvalue weighted by Gasteiger charge is 2.45. The fraction of sp³-hybridized carbons (Fsp3) is 0.314. The molecule has 0 nitrogen and oxygen atoms in total. The lowest BCUT2D eigenvalue weighted by atomic mass is 9.68. The Morgan fingerprint density at radius 2 is 0.571 bits per heavy atom. The maximum Gasteiger partial charge on any atom is 0.0713 e. The van der Waals surface area contributed by atoms with Gasteiger partial charge in [0.2, 0.25) is 0 Å². The molecule has 0 aromatic heterocycles. The van der Waals surface area contributed by atoms with Crippen LogP contribution in [0.2, 0.25) is 0 Å². The van der Waals surface area contributed by atoms with Crippen LogP contribution in [0.25, 0.3) is 11.1 Å². The van der Waals surface area contributed by atoms with Crippen LogP contribution < -0.4 is 0 Å². The minimum atomic E-state index is -0.254. The van der Waals surface area contributed by atoms with Crippen LogP contribution in [0, 0.1) is 0 Å². The second kappa shape index (κ2) is 18.2. The Morgan fingerprint density at radius 1 is 0.314 bits per heavy atom. The Bertz CT molecular complexity index is 943. The molecule has 0 heteroatoms. The van der Waals surface area contributed by atoms with Crippen molar-refractivity contribution < 1.29 is 0 Å². The molecule has 0 bridgehead atoms. The first kappa shape index (κ1) is 31.9. The van der Waals surface area contributed by atoms with E-state index in [0.29, 0.717) is 0 Å². The fourth-order valence-electron chi connectivity index (χ4n) is 4.40. The summed E-state index contributed by atoms with van der Waals surface area (Å²) in [6.45, 7) is 20.0. The molecule has 0 heterocycles. The van der Waals surface area contributed by atoms with Crippen LogP contribution in [0.1, 0.15) is 91.5 Å². The van der Waals surface area contributed by atoms with E-state index in [1.807, 2.05) is 69.2 Å². The lowest BCUT2D eigenvalue weighted by molar-refractivity contribution is 0.768. The third-order valence-corrected chi connectivity index (χ3v) is 5.37. The van der Waals surface area contributed by atoms with Gasteiger partial charge in [0.25, 0.3) is 0 Å². The van der Waals surface area contributed by atoms with Gasteiger partial charge in [-0.1, -0.05) is 178 Å². The highest BCUT2D eigenvalue weighted by atomic mass is 14.5. The first-order chi connectivity index (χ1) is 17.4. The zero-order valence-electron chi connectivity index (χ0n) is 23.9. The van der Waals surface area contributed by atoms with E-state index in [-0.39, 0.29) is 5.41 Å². The summed E-state index contributed by atoms with van der Waals surface area (Å²) in [5.41, 5.74) is 7.80. The van der Waals surface area contributed by atoms with Crippen LogP contribution in [0.4, 0.5) is 0 Å². The van der Waals surface area contributed by atoms with Gasteiger partial charge in [0, 0.05) is 0 Å². The smallest absolute Gasteiger partial charge is 0.0683 e. The maximum absolute atomic E-state index is 2.29. The largest absolute Gasteiger partial charge is 0.0713 e. The number of hydrogen-bond donors (Lipinski definition) is 0. The second-order valence-corrected chi connectivity index (χ2v) is 6.57. The zero-order valence-corrected chi connectivity index (χ0v) is 23.9. The van der Waals surface area contributed by atoms with Crippen molar-refractivity contribution in [3.8, 4) is 11.1 Å². The molecular formula is C35H48. The third-order valence-electron chi connectivity index (χ3n) is 5.37. The molecule has 0 saturated carbocycles. The predicted molar refractivity (Wildman–Crippen MR) is 160 cm³/mol. The lowest BCUT2D eigenvalue weighted by Crippen LogP contribution is -2.28. The summed E-state index contributed by atoms with van der Waals surface area (Å²) < 4.78 is 0. The Kier molecular flexibility index (Phi) is 16.6. The Balaban J connectivity index is 0.00000104. The van der Waals surface area contributed by atoms with E-state index in [1.165, 1.54) is 33.4 Å². The number of rotatable bonds is 2. The minimum absolute atomic E-state index is 0.254. The molecule has 0 radical (unpaired) electrons. The van der Waals surface area contributed by atoms with Gasteiger partial charge in [-0.25, -0.2) is 0 Å². The molecule has 4 aromatic carbocycles. The van der Waals surface area contributed by atoms with Crippen molar-refractivity contribution in [2.24, 2.45) is 0 Å². The van der Waals surface area contributed by atoms with Gasteiger partial charge in [-0.15, -0.1) is 0 Å². The standard InChI is InChI=1S/C25H18.5C2H6/c1-3-11-19(12-4-1)25(20-13-5-2-6-14-20)23-17-9-7-15-21(23)22-16-8-10-18-24(22)25;5*1-2/h1-18H;5*1-2H3. The summed E-state index contributed by atoms with van der Waals surface area (Å²) >= 11 is 0. The van der Waals surface area contributed by atoms with E-state index >= 15 is 0 Å². The molecule has 0 saturated heterocycles.